The molecule has 5 rings (SSSR count). The van der Waals surface area contributed by atoms with Gasteiger partial charge in [-0.25, -0.2) is 8.42 Å². The topological polar surface area (TPSA) is 76.1 Å². The number of rotatable bonds is 8. The fourth-order valence-electron chi connectivity index (χ4n) is 5.41. The second kappa shape index (κ2) is 11.2. The van der Waals surface area contributed by atoms with Crippen molar-refractivity contribution in [3.05, 3.63) is 89.0 Å². The first-order valence-corrected chi connectivity index (χ1v) is 14.5. The summed E-state index contributed by atoms with van der Waals surface area (Å²) >= 11 is 0. The quantitative estimate of drug-likeness (QED) is 0.363. The van der Waals surface area contributed by atoms with Gasteiger partial charge in [-0.1, -0.05) is 43.3 Å². The number of benzene rings is 3. The van der Waals surface area contributed by atoms with Crippen LogP contribution in [-0.2, 0) is 16.5 Å². The number of allylic oxidation sites excluding steroid dienone is 1. The molecule has 7 heteroatoms. The molecule has 6 nitrogen and oxygen atoms in total. The van der Waals surface area contributed by atoms with Crippen LogP contribution in [0.2, 0.25) is 0 Å². The van der Waals surface area contributed by atoms with Crippen LogP contribution in [0.1, 0.15) is 55.5 Å². The van der Waals surface area contributed by atoms with Gasteiger partial charge in [-0.05, 0) is 85.3 Å². The summed E-state index contributed by atoms with van der Waals surface area (Å²) in [7, 11) is -2.49. The number of hydrogen-bond donors (Lipinski definition) is 2. The summed E-state index contributed by atoms with van der Waals surface area (Å²) in [5.74, 6) is 2.48. The van der Waals surface area contributed by atoms with Crippen LogP contribution in [0.25, 0.3) is 11.1 Å². The van der Waals surface area contributed by atoms with Gasteiger partial charge < -0.3 is 14.6 Å². The van der Waals surface area contributed by atoms with Gasteiger partial charge in [0.2, 0.25) is 0 Å². The molecule has 2 heterocycles. The van der Waals surface area contributed by atoms with Crippen molar-refractivity contribution in [2.75, 3.05) is 19.7 Å². The van der Waals surface area contributed by atoms with Crippen molar-refractivity contribution < 1.29 is 23.0 Å². The van der Waals surface area contributed by atoms with E-state index < -0.39 is 10.7 Å². The average molecular weight is 534 g/mol. The Labute approximate surface area is 226 Å². The molecule has 38 heavy (non-hydrogen) atoms. The maximum Gasteiger partial charge on any atom is 0.150 e. The predicted molar refractivity (Wildman–Crippen MR) is 151 cm³/mol. The Bertz CT molecular complexity index is 1390. The minimum Gasteiger partial charge on any atom is -0.508 e. The summed E-state index contributed by atoms with van der Waals surface area (Å²) < 4.78 is 35.0. The van der Waals surface area contributed by atoms with E-state index in [0.717, 1.165) is 58.2 Å². The highest BCUT2D eigenvalue weighted by Gasteiger charge is 2.30. The van der Waals surface area contributed by atoms with Crippen LogP contribution in [0.5, 0.6) is 17.2 Å². The van der Waals surface area contributed by atoms with E-state index in [1.807, 2.05) is 55.5 Å². The van der Waals surface area contributed by atoms with Gasteiger partial charge in [-0.3, -0.25) is 4.90 Å². The van der Waals surface area contributed by atoms with Crippen molar-refractivity contribution in [2.45, 2.75) is 45.1 Å². The molecule has 1 saturated heterocycles. The number of thiol groups is 1. The lowest BCUT2D eigenvalue weighted by Gasteiger charge is -2.31. The monoisotopic (exact) mass is 533 g/mol. The number of likely N-dealkylation sites (tertiary alicyclic amines) is 1. The van der Waals surface area contributed by atoms with Crippen molar-refractivity contribution >= 4 is 21.9 Å². The molecular weight excluding hydrogens is 498 g/mol. The Morgan fingerprint density at radius 1 is 1.08 bits per heavy atom. The van der Waals surface area contributed by atoms with Gasteiger partial charge in [0, 0.05) is 23.7 Å². The molecule has 3 atom stereocenters. The van der Waals surface area contributed by atoms with Crippen LogP contribution in [0.3, 0.4) is 0 Å². The second-order valence-electron chi connectivity index (χ2n) is 10.5. The van der Waals surface area contributed by atoms with Crippen molar-refractivity contribution in [2.24, 2.45) is 5.92 Å². The highest BCUT2D eigenvalue weighted by atomic mass is 32.2. The lowest BCUT2D eigenvalue weighted by molar-refractivity contribution is 0.169. The molecule has 0 saturated carbocycles. The van der Waals surface area contributed by atoms with E-state index in [1.165, 1.54) is 6.42 Å². The van der Waals surface area contributed by atoms with E-state index >= 15 is 0 Å². The van der Waals surface area contributed by atoms with E-state index in [4.69, 9.17) is 9.47 Å². The van der Waals surface area contributed by atoms with Gasteiger partial charge >= 0.3 is 0 Å². The predicted octanol–water partition coefficient (Wildman–Crippen LogP) is 5.68. The van der Waals surface area contributed by atoms with E-state index in [0.29, 0.717) is 18.4 Å². The summed E-state index contributed by atoms with van der Waals surface area (Å²) in [4.78, 5) is 2.49. The smallest absolute Gasteiger partial charge is 0.150 e. The van der Waals surface area contributed by atoms with Crippen molar-refractivity contribution in [3.8, 4) is 17.2 Å². The first kappa shape index (κ1) is 26.3. The number of nitrogens with zero attached hydrogens (tertiary/aromatic N) is 1. The molecule has 2 aliphatic heterocycles. The molecule has 0 aliphatic carbocycles. The van der Waals surface area contributed by atoms with E-state index in [1.54, 1.807) is 18.2 Å². The maximum atomic E-state index is 11.2. The summed E-state index contributed by atoms with van der Waals surface area (Å²) in [5.41, 5.74) is 5.50. The number of hydrogen-bond acceptors (Lipinski definition) is 6. The molecule has 2 aliphatic rings. The lowest BCUT2D eigenvalue weighted by atomic mass is 9.86. The highest BCUT2D eigenvalue weighted by molar-refractivity contribution is 7.71. The van der Waals surface area contributed by atoms with Crippen LogP contribution in [0.15, 0.2) is 66.7 Å². The van der Waals surface area contributed by atoms with Gasteiger partial charge in [0.05, 0.1) is 5.75 Å². The van der Waals surface area contributed by atoms with Gasteiger partial charge in [-0.2, -0.15) is 0 Å². The van der Waals surface area contributed by atoms with Crippen molar-refractivity contribution in [3.63, 3.8) is 0 Å². The van der Waals surface area contributed by atoms with Gasteiger partial charge in [0.1, 0.15) is 40.7 Å². The zero-order chi connectivity index (χ0) is 26.8. The first-order valence-electron chi connectivity index (χ1n) is 13.2. The zero-order valence-corrected chi connectivity index (χ0v) is 23.0. The molecule has 3 aromatic rings. The largest absolute Gasteiger partial charge is 0.508 e. The Morgan fingerprint density at radius 3 is 2.47 bits per heavy atom. The molecule has 3 aromatic carbocycles. The van der Waals surface area contributed by atoms with E-state index in [-0.39, 0.29) is 17.6 Å². The normalized spacial score (nSPS) is 20.3. The number of phenolic OH excluding ortho intramolecular Hbond substituents is 1. The third-order valence-electron chi connectivity index (χ3n) is 7.61. The molecule has 0 bridgehead atoms. The molecule has 200 valence electrons. The van der Waals surface area contributed by atoms with Gasteiger partial charge in [0.25, 0.3) is 0 Å². The Morgan fingerprint density at radius 2 is 1.82 bits per heavy atom. The van der Waals surface area contributed by atoms with Gasteiger partial charge in [0.15, 0.2) is 0 Å². The first-order chi connectivity index (χ1) is 18.3. The molecule has 0 aromatic heterocycles. The maximum absolute atomic E-state index is 11.2. The Balaban J connectivity index is 1.41. The van der Waals surface area contributed by atoms with E-state index in [9.17, 15) is 13.5 Å². The summed E-state index contributed by atoms with van der Waals surface area (Å²) in [6, 6.07) is 21.1. The van der Waals surface area contributed by atoms with E-state index in [2.05, 4.69) is 18.7 Å². The molecule has 0 amide bonds. The summed E-state index contributed by atoms with van der Waals surface area (Å²) in [6.45, 7) is 9.46. The fourth-order valence-corrected chi connectivity index (χ4v) is 5.92. The average Bonchev–Trinajstić information content (AvgIpc) is 3.34. The van der Waals surface area contributed by atoms with Crippen LogP contribution in [0, 0.1) is 5.92 Å². The number of fused-ring (bicyclic) bond motifs is 1. The fraction of sp³-hybridized carbons (Fsp3) is 0.355. The third-order valence-corrected chi connectivity index (χ3v) is 8.23. The summed E-state index contributed by atoms with van der Waals surface area (Å²) in [6.07, 6.45) is 0.882. The highest BCUT2D eigenvalue weighted by Crippen LogP contribution is 2.47. The third kappa shape index (κ3) is 5.74. The Kier molecular flexibility index (Phi) is 7.77. The van der Waals surface area contributed by atoms with Crippen molar-refractivity contribution in [1.82, 2.24) is 4.90 Å². The SMILES string of the molecule is CC1=C(c2ccc(C[SH](=O)=O)cc2)C(c2ccc(OC[C@H](C)N3CC[C@@H](C)C3)cc2)Oc2ccc(O)cc21. The van der Waals surface area contributed by atoms with Crippen LogP contribution < -0.4 is 9.47 Å². The number of ether oxygens (including phenoxy) is 2. The van der Waals surface area contributed by atoms with Gasteiger partial charge in [-0.15, -0.1) is 0 Å². The molecule has 0 radical (unpaired) electrons. The van der Waals surface area contributed by atoms with Crippen molar-refractivity contribution in [1.29, 1.82) is 0 Å². The van der Waals surface area contributed by atoms with Crippen LogP contribution in [0.4, 0.5) is 0 Å². The number of phenols is 1. The Hall–Kier alpha value is -3.29. The molecule has 0 spiro atoms. The minimum absolute atomic E-state index is 0.0150. The molecule has 1 unspecified atom stereocenters. The summed E-state index contributed by atoms with van der Waals surface area (Å²) in [5, 5.41) is 10.1. The molecule has 1 N–H and O–H groups in total. The number of aromatic hydroxyl groups is 1. The molecular formula is C31H35NO5S. The minimum atomic E-state index is -2.49. The second-order valence-corrected chi connectivity index (χ2v) is 11.5. The standard InChI is InChI=1S/C31H35NO5S/c1-20-14-15-32(17-20)21(2)18-36-27-11-8-25(9-12-27)31-30(24-6-4-23(5-7-24)19-38(34)35)22(3)28-16-26(33)10-13-29(28)37-31/h4-13,16,20-21,31,33,38H,14-15,17-19H2,1-3H3/t20-,21+,31?/m1/s1. The molecule has 1 fully saturated rings. The zero-order valence-electron chi connectivity index (χ0n) is 22.1. The lowest BCUT2D eigenvalue weighted by Crippen LogP contribution is -2.35. The van der Waals surface area contributed by atoms with Crippen LogP contribution in [-0.4, -0.2) is 44.2 Å². The van der Waals surface area contributed by atoms with Crippen LogP contribution >= 0.6 is 0 Å².